The fourth-order valence-electron chi connectivity index (χ4n) is 7.69. The van der Waals surface area contributed by atoms with Crippen LogP contribution in [-0.2, 0) is 0 Å². The first-order valence-corrected chi connectivity index (χ1v) is 16.0. The van der Waals surface area contributed by atoms with E-state index >= 15 is 0 Å². The summed E-state index contributed by atoms with van der Waals surface area (Å²) in [5.41, 5.74) is 5.70. The Bertz CT molecular complexity index is 1410. The summed E-state index contributed by atoms with van der Waals surface area (Å²) in [4.78, 5) is 8.37. The Hall–Kier alpha value is -2.84. The third-order valence-corrected chi connectivity index (χ3v) is 10.3. The molecule has 0 spiro atoms. The van der Waals surface area contributed by atoms with Gasteiger partial charge in [-0.25, -0.2) is 18.7 Å². The number of aromatic nitrogens is 4. The van der Waals surface area contributed by atoms with Gasteiger partial charge in [-0.1, -0.05) is 38.5 Å². The van der Waals surface area contributed by atoms with Crippen molar-refractivity contribution in [3.63, 3.8) is 0 Å². The van der Waals surface area contributed by atoms with Crippen LogP contribution in [0.3, 0.4) is 0 Å². The van der Waals surface area contributed by atoms with E-state index in [2.05, 4.69) is 9.97 Å². The fraction of sp³-hybridized carbons (Fsp3) is 0.588. The second kappa shape index (κ2) is 11.7. The lowest BCUT2D eigenvalue weighted by molar-refractivity contribution is 0.0848. The van der Waals surface area contributed by atoms with E-state index in [4.69, 9.17) is 0 Å². The minimum absolute atomic E-state index is 0.0295. The first-order valence-electron chi connectivity index (χ1n) is 16.0. The molecule has 4 aromatic rings. The molecule has 4 aliphatic carbocycles. The molecule has 0 saturated heterocycles. The minimum Gasteiger partial charge on any atom is -0.388 e. The highest BCUT2D eigenvalue weighted by Gasteiger charge is 2.43. The predicted octanol–water partition coefficient (Wildman–Crippen LogP) is 7.55. The third-order valence-electron chi connectivity index (χ3n) is 10.3. The van der Waals surface area contributed by atoms with Gasteiger partial charge in [-0.2, -0.15) is 0 Å². The van der Waals surface area contributed by atoms with E-state index in [1.165, 1.54) is 38.5 Å². The molecule has 42 heavy (non-hydrogen) atoms. The molecule has 0 bridgehead atoms. The number of hydrogen-bond donors (Lipinski definition) is 2. The van der Waals surface area contributed by atoms with Crippen LogP contribution in [0.15, 0.2) is 49.6 Å². The number of imidazole rings is 2. The zero-order chi connectivity index (χ0) is 28.8. The molecular formula is C34H42F2N4O2. The summed E-state index contributed by atoms with van der Waals surface area (Å²) in [6.45, 7) is 0. The van der Waals surface area contributed by atoms with Gasteiger partial charge in [0.25, 0.3) is 0 Å². The largest absolute Gasteiger partial charge is 0.388 e. The molecule has 6 nitrogen and oxygen atoms in total. The molecular weight excluding hydrogens is 534 g/mol. The molecule has 0 amide bonds. The second-order valence-corrected chi connectivity index (χ2v) is 13.1. The Kier molecular flexibility index (Phi) is 7.78. The van der Waals surface area contributed by atoms with Gasteiger partial charge in [0.05, 0.1) is 48.3 Å². The summed E-state index contributed by atoms with van der Waals surface area (Å²) < 4.78 is 31.0. The van der Waals surface area contributed by atoms with Gasteiger partial charge in [-0.15, -0.1) is 0 Å². The van der Waals surface area contributed by atoms with Crippen molar-refractivity contribution in [3.05, 3.63) is 71.8 Å². The van der Waals surface area contributed by atoms with Crippen LogP contribution in [0.4, 0.5) is 8.78 Å². The van der Waals surface area contributed by atoms with Crippen LogP contribution in [-0.4, -0.2) is 41.3 Å². The van der Waals surface area contributed by atoms with E-state index in [1.807, 2.05) is 33.3 Å². The SMILES string of the molecule is OC(c1c([C@H]2C[C@H]2F)ccn2cncc12)C1CCCCC1.OC(c1c([C@H]2C[C@H]2F)ccn2cncc12)C1CCCCC1. The van der Waals surface area contributed by atoms with Crippen LogP contribution in [0.5, 0.6) is 0 Å². The van der Waals surface area contributed by atoms with Crippen LogP contribution in [0.2, 0.25) is 0 Å². The number of halogens is 2. The molecule has 0 radical (unpaired) electrons. The highest BCUT2D eigenvalue weighted by Crippen LogP contribution is 2.49. The summed E-state index contributed by atoms with van der Waals surface area (Å²) in [6.07, 6.45) is 21.2. The Labute approximate surface area is 245 Å². The summed E-state index contributed by atoms with van der Waals surface area (Å²) in [6, 6.07) is 3.95. The smallest absolute Gasteiger partial charge is 0.108 e. The van der Waals surface area contributed by atoms with E-state index < -0.39 is 24.6 Å². The Morgan fingerprint density at radius 1 is 0.643 bits per heavy atom. The Morgan fingerprint density at radius 2 is 1.02 bits per heavy atom. The van der Waals surface area contributed by atoms with Crippen molar-refractivity contribution < 1.29 is 19.0 Å². The highest BCUT2D eigenvalue weighted by molar-refractivity contribution is 5.60. The highest BCUT2D eigenvalue weighted by atomic mass is 19.1. The van der Waals surface area contributed by atoms with Crippen molar-refractivity contribution >= 4 is 11.0 Å². The van der Waals surface area contributed by atoms with Crippen LogP contribution in [0.1, 0.15) is 123 Å². The zero-order valence-electron chi connectivity index (χ0n) is 24.2. The number of pyridine rings is 2. The maximum atomic E-state index is 13.6. The second-order valence-electron chi connectivity index (χ2n) is 13.1. The summed E-state index contributed by atoms with van der Waals surface area (Å²) in [5.74, 6) is 0.544. The Morgan fingerprint density at radius 3 is 1.38 bits per heavy atom. The molecule has 8 heteroatoms. The normalized spacial score (nSPS) is 27.9. The van der Waals surface area contributed by atoms with E-state index in [0.717, 1.165) is 59.0 Å². The molecule has 4 fully saturated rings. The quantitative estimate of drug-likeness (QED) is 0.249. The van der Waals surface area contributed by atoms with Crippen molar-refractivity contribution in [2.75, 3.05) is 0 Å². The van der Waals surface area contributed by atoms with E-state index in [-0.39, 0.29) is 11.8 Å². The first kappa shape index (κ1) is 28.0. The van der Waals surface area contributed by atoms with Crippen LogP contribution >= 0.6 is 0 Å². The molecule has 4 saturated carbocycles. The molecule has 2 unspecified atom stereocenters. The number of aliphatic hydroxyl groups excluding tert-OH is 2. The third kappa shape index (κ3) is 5.37. The molecule has 4 aliphatic rings. The summed E-state index contributed by atoms with van der Waals surface area (Å²) in [5, 5.41) is 21.9. The van der Waals surface area contributed by atoms with Gasteiger partial charge in [-0.05, 0) is 73.6 Å². The van der Waals surface area contributed by atoms with Crippen molar-refractivity contribution in [2.24, 2.45) is 11.8 Å². The lowest BCUT2D eigenvalue weighted by Crippen LogP contribution is -2.18. The van der Waals surface area contributed by atoms with Gasteiger partial charge in [0.1, 0.15) is 12.3 Å². The monoisotopic (exact) mass is 576 g/mol. The van der Waals surface area contributed by atoms with Gasteiger partial charge in [0.15, 0.2) is 0 Å². The fourth-order valence-corrected chi connectivity index (χ4v) is 7.69. The van der Waals surface area contributed by atoms with Gasteiger partial charge < -0.3 is 19.0 Å². The molecule has 4 aromatic heterocycles. The zero-order valence-corrected chi connectivity index (χ0v) is 24.2. The van der Waals surface area contributed by atoms with Crippen LogP contribution < -0.4 is 0 Å². The topological polar surface area (TPSA) is 75.1 Å². The standard InChI is InChI=1S/2C17H21FN2O/c2*18-14-8-13(14)12-6-7-20-10-19-9-15(20)16(12)17(21)11-4-2-1-3-5-11/h2*6-7,9-11,13-14,17,21H,1-5,8H2/t2*13-,14-,17?/m11/s1. The van der Waals surface area contributed by atoms with Crippen molar-refractivity contribution in [1.29, 1.82) is 0 Å². The van der Waals surface area contributed by atoms with Gasteiger partial charge in [-0.3, -0.25) is 0 Å². The Balaban J connectivity index is 0.000000137. The number of nitrogens with zero attached hydrogens (tertiary/aromatic N) is 4. The van der Waals surface area contributed by atoms with Crippen molar-refractivity contribution in [1.82, 2.24) is 18.8 Å². The average Bonchev–Trinajstić information content (AvgIpc) is 3.78. The van der Waals surface area contributed by atoms with Crippen molar-refractivity contribution in [2.45, 2.75) is 113 Å². The van der Waals surface area contributed by atoms with E-state index in [0.29, 0.717) is 24.7 Å². The lowest BCUT2D eigenvalue weighted by atomic mass is 9.81. The maximum Gasteiger partial charge on any atom is 0.108 e. The predicted molar refractivity (Wildman–Crippen MR) is 158 cm³/mol. The number of fused-ring (bicyclic) bond motifs is 2. The molecule has 4 heterocycles. The molecule has 0 aromatic carbocycles. The minimum atomic E-state index is -0.743. The van der Waals surface area contributed by atoms with E-state index in [1.54, 1.807) is 25.0 Å². The molecule has 2 N–H and O–H groups in total. The van der Waals surface area contributed by atoms with Crippen LogP contribution in [0, 0.1) is 11.8 Å². The summed E-state index contributed by atoms with van der Waals surface area (Å²) >= 11 is 0. The van der Waals surface area contributed by atoms with Gasteiger partial charge in [0, 0.05) is 35.4 Å². The van der Waals surface area contributed by atoms with Crippen LogP contribution in [0.25, 0.3) is 11.0 Å². The van der Waals surface area contributed by atoms with E-state index in [9.17, 15) is 19.0 Å². The average molecular weight is 577 g/mol. The van der Waals surface area contributed by atoms with Crippen molar-refractivity contribution in [3.8, 4) is 0 Å². The van der Waals surface area contributed by atoms with Gasteiger partial charge in [0.2, 0.25) is 0 Å². The number of aliphatic hydroxyl groups is 2. The summed E-state index contributed by atoms with van der Waals surface area (Å²) in [7, 11) is 0. The molecule has 8 rings (SSSR count). The number of rotatable bonds is 6. The lowest BCUT2D eigenvalue weighted by Gasteiger charge is -2.28. The molecule has 224 valence electrons. The molecule has 0 aliphatic heterocycles. The first-order chi connectivity index (χ1) is 20.5. The maximum absolute atomic E-state index is 13.6. The molecule has 6 atom stereocenters. The number of alkyl halides is 2. The van der Waals surface area contributed by atoms with Gasteiger partial charge >= 0.3 is 0 Å². The number of hydrogen-bond acceptors (Lipinski definition) is 4.